The molecule has 0 saturated carbocycles. The molecule has 13 heavy (non-hydrogen) atoms. The summed E-state index contributed by atoms with van der Waals surface area (Å²) in [5, 5.41) is 0. The van der Waals surface area contributed by atoms with Crippen LogP contribution in [0.1, 0.15) is 5.56 Å². The van der Waals surface area contributed by atoms with Gasteiger partial charge in [-0.2, -0.15) is 0 Å². The predicted octanol–water partition coefficient (Wildman–Crippen LogP) is 2.49. The molecule has 1 rings (SSSR count). The summed E-state index contributed by atoms with van der Waals surface area (Å²) in [7, 11) is 1.14. The highest BCUT2D eigenvalue weighted by atomic mass is 35.7. The van der Waals surface area contributed by atoms with Gasteiger partial charge in [0.2, 0.25) is 0 Å². The first kappa shape index (κ1) is 10.8. The van der Waals surface area contributed by atoms with Gasteiger partial charge < -0.3 is 0 Å². The summed E-state index contributed by atoms with van der Waals surface area (Å²) in [6, 6.07) is 3.23. The molecule has 0 radical (unpaired) electrons. The molecule has 0 bridgehead atoms. The van der Waals surface area contributed by atoms with Crippen LogP contribution in [0.5, 0.6) is 0 Å². The molecule has 2 nitrogen and oxygen atoms in total. The van der Waals surface area contributed by atoms with Crippen molar-refractivity contribution in [2.75, 3.05) is 0 Å². The van der Waals surface area contributed by atoms with Crippen LogP contribution in [-0.2, 0) is 14.9 Å². The second-order valence-electron chi connectivity index (χ2n) is 2.37. The van der Waals surface area contributed by atoms with E-state index in [9.17, 15) is 12.8 Å². The van der Waals surface area contributed by atoms with E-state index in [-0.39, 0.29) is 10.8 Å². The van der Waals surface area contributed by atoms with Crippen LogP contribution in [-0.4, -0.2) is 8.42 Å². The molecule has 0 amide bonds. The molecule has 0 aliphatic rings. The predicted molar refractivity (Wildman–Crippen MR) is 49.0 cm³/mol. The van der Waals surface area contributed by atoms with Gasteiger partial charge in [-0.05, 0) is 23.8 Å². The fourth-order valence-corrected chi connectivity index (χ4v) is 1.81. The molecule has 0 fully saturated rings. The zero-order chi connectivity index (χ0) is 10.1. The third kappa shape index (κ3) is 2.83. The quantitative estimate of drug-likeness (QED) is 0.590. The number of hydrogen-bond donors (Lipinski definition) is 0. The molecule has 0 aliphatic carbocycles. The normalized spacial score (nSPS) is 11.6. The third-order valence-corrected chi connectivity index (χ3v) is 3.01. The van der Waals surface area contributed by atoms with Gasteiger partial charge in [-0.15, -0.1) is 11.6 Å². The SMILES string of the molecule is O=S(=O)(Cl)c1cc(F)cc(CCl)c1. The van der Waals surface area contributed by atoms with E-state index >= 15 is 0 Å². The highest BCUT2D eigenvalue weighted by Crippen LogP contribution is 2.19. The first-order valence-electron chi connectivity index (χ1n) is 3.23. The summed E-state index contributed by atoms with van der Waals surface area (Å²) >= 11 is 5.42. The van der Waals surface area contributed by atoms with Crippen molar-refractivity contribution in [3.8, 4) is 0 Å². The van der Waals surface area contributed by atoms with Gasteiger partial charge in [0.15, 0.2) is 0 Å². The lowest BCUT2D eigenvalue weighted by atomic mass is 10.2. The van der Waals surface area contributed by atoms with Gasteiger partial charge in [0, 0.05) is 16.6 Å². The van der Waals surface area contributed by atoms with Crippen molar-refractivity contribution in [2.24, 2.45) is 0 Å². The van der Waals surface area contributed by atoms with Crippen LogP contribution in [0.3, 0.4) is 0 Å². The maximum Gasteiger partial charge on any atom is 0.261 e. The van der Waals surface area contributed by atoms with Crippen LogP contribution in [0.2, 0.25) is 0 Å². The zero-order valence-electron chi connectivity index (χ0n) is 6.30. The van der Waals surface area contributed by atoms with Crippen molar-refractivity contribution < 1.29 is 12.8 Å². The number of rotatable bonds is 2. The topological polar surface area (TPSA) is 34.1 Å². The minimum atomic E-state index is -3.88. The average molecular weight is 243 g/mol. The molecule has 0 aromatic heterocycles. The summed E-state index contributed by atoms with van der Waals surface area (Å²) in [6.07, 6.45) is 0. The first-order chi connectivity index (χ1) is 5.93. The summed E-state index contributed by atoms with van der Waals surface area (Å²) in [5.74, 6) is -0.630. The highest BCUT2D eigenvalue weighted by Gasteiger charge is 2.12. The Balaban J connectivity index is 3.33. The lowest BCUT2D eigenvalue weighted by Gasteiger charge is -1.99. The van der Waals surface area contributed by atoms with Gasteiger partial charge in [0.25, 0.3) is 9.05 Å². The van der Waals surface area contributed by atoms with Crippen LogP contribution in [0, 0.1) is 5.82 Å². The van der Waals surface area contributed by atoms with Crippen molar-refractivity contribution in [1.29, 1.82) is 0 Å². The Morgan fingerprint density at radius 2 is 1.92 bits per heavy atom. The highest BCUT2D eigenvalue weighted by molar-refractivity contribution is 8.13. The molecule has 0 aliphatic heterocycles. The maximum absolute atomic E-state index is 12.8. The van der Waals surface area contributed by atoms with Gasteiger partial charge in [0.1, 0.15) is 5.82 Å². The molecule has 6 heteroatoms. The molecule has 1 aromatic carbocycles. The maximum atomic E-state index is 12.8. The second-order valence-corrected chi connectivity index (χ2v) is 5.20. The Bertz CT molecular complexity index is 417. The molecule has 0 N–H and O–H groups in total. The van der Waals surface area contributed by atoms with Gasteiger partial charge >= 0.3 is 0 Å². The Morgan fingerprint density at radius 3 is 2.38 bits per heavy atom. The lowest BCUT2D eigenvalue weighted by Crippen LogP contribution is -1.93. The summed E-state index contributed by atoms with van der Waals surface area (Å²) in [6.45, 7) is 0. The summed E-state index contributed by atoms with van der Waals surface area (Å²) < 4.78 is 34.4. The van der Waals surface area contributed by atoms with Gasteiger partial charge in [-0.1, -0.05) is 0 Å². The number of halogens is 3. The fraction of sp³-hybridized carbons (Fsp3) is 0.143. The van der Waals surface area contributed by atoms with E-state index in [1.807, 2.05) is 0 Å². The summed E-state index contributed by atoms with van der Waals surface area (Å²) in [5.41, 5.74) is 0.376. The smallest absolute Gasteiger partial charge is 0.207 e. The number of alkyl halides is 1. The fourth-order valence-electron chi connectivity index (χ4n) is 0.839. The second kappa shape index (κ2) is 3.82. The molecule has 0 heterocycles. The van der Waals surface area contributed by atoms with Crippen LogP contribution in [0.25, 0.3) is 0 Å². The molecule has 1 aromatic rings. The van der Waals surface area contributed by atoms with Gasteiger partial charge in [-0.3, -0.25) is 0 Å². The lowest BCUT2D eigenvalue weighted by molar-refractivity contribution is 0.601. The molecule has 0 spiro atoms. The minimum absolute atomic E-state index is 0.0389. The van der Waals surface area contributed by atoms with E-state index in [0.717, 1.165) is 12.1 Å². The molecule has 0 atom stereocenters. The van der Waals surface area contributed by atoms with Crippen molar-refractivity contribution in [3.05, 3.63) is 29.6 Å². The van der Waals surface area contributed by atoms with Crippen LogP contribution in [0.15, 0.2) is 23.1 Å². The van der Waals surface area contributed by atoms with E-state index in [2.05, 4.69) is 0 Å². The van der Waals surface area contributed by atoms with E-state index in [4.69, 9.17) is 22.3 Å². The van der Waals surface area contributed by atoms with Gasteiger partial charge in [-0.25, -0.2) is 12.8 Å². The van der Waals surface area contributed by atoms with Crippen molar-refractivity contribution in [3.63, 3.8) is 0 Å². The molecular weight excluding hydrogens is 238 g/mol. The van der Waals surface area contributed by atoms with Gasteiger partial charge in [0.05, 0.1) is 4.90 Å². The van der Waals surface area contributed by atoms with E-state index in [1.165, 1.54) is 6.07 Å². The largest absolute Gasteiger partial charge is 0.261 e. The average Bonchev–Trinajstić information content (AvgIpc) is 2.01. The van der Waals surface area contributed by atoms with Crippen LogP contribution in [0.4, 0.5) is 4.39 Å². The molecular formula is C7H5Cl2FO2S. The monoisotopic (exact) mass is 242 g/mol. The Morgan fingerprint density at radius 1 is 1.31 bits per heavy atom. The molecule has 0 unspecified atom stereocenters. The Labute approximate surface area is 84.7 Å². The third-order valence-electron chi connectivity index (χ3n) is 1.37. The van der Waals surface area contributed by atoms with E-state index in [1.54, 1.807) is 0 Å². The Hall–Kier alpha value is -0.320. The van der Waals surface area contributed by atoms with Crippen LogP contribution < -0.4 is 0 Å². The van der Waals surface area contributed by atoms with Crippen molar-refractivity contribution >= 4 is 31.3 Å². The minimum Gasteiger partial charge on any atom is -0.207 e. The number of hydrogen-bond acceptors (Lipinski definition) is 2. The molecule has 72 valence electrons. The van der Waals surface area contributed by atoms with Crippen molar-refractivity contribution in [1.82, 2.24) is 0 Å². The van der Waals surface area contributed by atoms with Crippen molar-refractivity contribution in [2.45, 2.75) is 10.8 Å². The molecule has 0 saturated heterocycles. The summed E-state index contributed by atoms with van der Waals surface area (Å²) in [4.78, 5) is -0.273. The number of benzene rings is 1. The van der Waals surface area contributed by atoms with E-state index < -0.39 is 14.9 Å². The van der Waals surface area contributed by atoms with Crippen LogP contribution >= 0.6 is 22.3 Å². The zero-order valence-corrected chi connectivity index (χ0v) is 8.63. The standard InChI is InChI=1S/C7H5Cl2FO2S/c8-4-5-1-6(10)3-7(2-5)13(9,11)12/h1-3H,4H2. The Kier molecular flexibility index (Phi) is 3.16. The first-order valence-corrected chi connectivity index (χ1v) is 6.08. The van der Waals surface area contributed by atoms with E-state index in [0.29, 0.717) is 5.56 Å².